The molecule has 1 aromatic heterocycles. The summed E-state index contributed by atoms with van der Waals surface area (Å²) in [5.74, 6) is 0.781. The van der Waals surface area contributed by atoms with E-state index in [4.69, 9.17) is 5.11 Å². The lowest BCUT2D eigenvalue weighted by molar-refractivity contribution is 0.0696. The zero-order valence-electron chi connectivity index (χ0n) is 9.74. The summed E-state index contributed by atoms with van der Waals surface area (Å²) in [5, 5.41) is 8.76. The summed E-state index contributed by atoms with van der Waals surface area (Å²) in [7, 11) is 0. The number of pyridine rings is 1. The number of nitrogens with zero attached hydrogens (tertiary/aromatic N) is 1. The number of thioether (sulfide) groups is 1. The smallest absolute Gasteiger partial charge is 0.337 e. The van der Waals surface area contributed by atoms with Crippen molar-refractivity contribution in [1.29, 1.82) is 0 Å². The van der Waals surface area contributed by atoms with E-state index in [0.29, 0.717) is 0 Å². The molecule has 0 radical (unpaired) electrons. The second-order valence-electron chi connectivity index (χ2n) is 3.82. The summed E-state index contributed by atoms with van der Waals surface area (Å²) in [5.41, 5.74) is 2.41. The Kier molecular flexibility index (Phi) is 4.36. The van der Waals surface area contributed by atoms with Gasteiger partial charge in [0.05, 0.1) is 11.3 Å². The SMILES string of the molecule is O=C(O)c1ccc(CSCc2ccccc2)nc1. The van der Waals surface area contributed by atoms with Crippen molar-refractivity contribution in [2.24, 2.45) is 0 Å². The quantitative estimate of drug-likeness (QED) is 0.895. The first-order chi connectivity index (χ1) is 8.75. The normalized spacial score (nSPS) is 10.2. The van der Waals surface area contributed by atoms with Crippen molar-refractivity contribution < 1.29 is 9.90 Å². The third-order valence-electron chi connectivity index (χ3n) is 2.43. The Balaban J connectivity index is 1.85. The Morgan fingerprint density at radius 2 is 1.89 bits per heavy atom. The van der Waals surface area contributed by atoms with E-state index in [-0.39, 0.29) is 5.56 Å². The van der Waals surface area contributed by atoms with Gasteiger partial charge in [0, 0.05) is 17.7 Å². The fraction of sp³-hybridized carbons (Fsp3) is 0.143. The van der Waals surface area contributed by atoms with Gasteiger partial charge >= 0.3 is 5.97 Å². The van der Waals surface area contributed by atoms with Gasteiger partial charge in [-0.05, 0) is 17.7 Å². The molecule has 0 saturated carbocycles. The number of hydrogen-bond donors (Lipinski definition) is 1. The average Bonchev–Trinajstić information content (AvgIpc) is 2.40. The molecule has 1 heterocycles. The summed E-state index contributed by atoms with van der Waals surface area (Å²) in [6.45, 7) is 0. The Morgan fingerprint density at radius 1 is 1.11 bits per heavy atom. The zero-order valence-corrected chi connectivity index (χ0v) is 10.6. The molecule has 0 fully saturated rings. The molecule has 18 heavy (non-hydrogen) atoms. The highest BCUT2D eigenvalue weighted by molar-refractivity contribution is 7.97. The molecule has 1 aromatic carbocycles. The van der Waals surface area contributed by atoms with E-state index >= 15 is 0 Å². The van der Waals surface area contributed by atoms with E-state index in [0.717, 1.165) is 17.2 Å². The van der Waals surface area contributed by atoms with Gasteiger partial charge in [-0.25, -0.2) is 4.79 Å². The summed E-state index contributed by atoms with van der Waals surface area (Å²) in [6, 6.07) is 13.6. The Bertz CT molecular complexity index is 511. The highest BCUT2D eigenvalue weighted by Gasteiger charge is 2.03. The van der Waals surface area contributed by atoms with Crippen LogP contribution in [0.5, 0.6) is 0 Å². The second kappa shape index (κ2) is 6.21. The first-order valence-electron chi connectivity index (χ1n) is 5.55. The molecule has 0 spiro atoms. The summed E-state index contributed by atoms with van der Waals surface area (Å²) < 4.78 is 0. The molecule has 0 atom stereocenters. The zero-order chi connectivity index (χ0) is 12.8. The number of hydrogen-bond acceptors (Lipinski definition) is 3. The predicted molar refractivity (Wildman–Crippen MR) is 72.6 cm³/mol. The van der Waals surface area contributed by atoms with Crippen LogP contribution >= 0.6 is 11.8 Å². The topological polar surface area (TPSA) is 50.2 Å². The van der Waals surface area contributed by atoms with E-state index in [1.165, 1.54) is 11.8 Å². The van der Waals surface area contributed by atoms with Gasteiger partial charge in [-0.15, -0.1) is 0 Å². The molecule has 3 nitrogen and oxygen atoms in total. The largest absolute Gasteiger partial charge is 0.478 e. The lowest BCUT2D eigenvalue weighted by Crippen LogP contribution is -1.98. The third-order valence-corrected chi connectivity index (χ3v) is 3.47. The molecule has 2 rings (SSSR count). The van der Waals surface area contributed by atoms with Crippen LogP contribution in [-0.2, 0) is 11.5 Å². The lowest BCUT2D eigenvalue weighted by Gasteiger charge is -2.02. The molecule has 2 aromatic rings. The molecule has 1 N–H and O–H groups in total. The van der Waals surface area contributed by atoms with E-state index in [2.05, 4.69) is 17.1 Å². The molecule has 0 aliphatic rings. The molecular weight excluding hydrogens is 246 g/mol. The molecule has 4 heteroatoms. The number of benzene rings is 1. The highest BCUT2D eigenvalue weighted by Crippen LogP contribution is 2.16. The number of aromatic nitrogens is 1. The van der Waals surface area contributed by atoms with Crippen LogP contribution in [0.1, 0.15) is 21.6 Å². The summed E-state index contributed by atoms with van der Waals surface area (Å²) in [6.07, 6.45) is 1.40. The van der Waals surface area contributed by atoms with Crippen LogP contribution < -0.4 is 0 Å². The van der Waals surface area contributed by atoms with Crippen molar-refractivity contribution in [2.75, 3.05) is 0 Å². The lowest BCUT2D eigenvalue weighted by atomic mass is 10.2. The van der Waals surface area contributed by atoms with Crippen LogP contribution in [0.25, 0.3) is 0 Å². The van der Waals surface area contributed by atoms with Gasteiger partial charge in [-0.2, -0.15) is 11.8 Å². The molecule has 0 aliphatic heterocycles. The summed E-state index contributed by atoms with van der Waals surface area (Å²) >= 11 is 1.76. The van der Waals surface area contributed by atoms with Gasteiger partial charge in [-0.1, -0.05) is 30.3 Å². The Morgan fingerprint density at radius 3 is 2.50 bits per heavy atom. The minimum atomic E-state index is -0.939. The van der Waals surface area contributed by atoms with Crippen LogP contribution in [-0.4, -0.2) is 16.1 Å². The first-order valence-corrected chi connectivity index (χ1v) is 6.71. The maximum absolute atomic E-state index is 10.7. The third kappa shape index (κ3) is 3.60. The second-order valence-corrected chi connectivity index (χ2v) is 4.81. The van der Waals surface area contributed by atoms with E-state index in [1.54, 1.807) is 23.9 Å². The van der Waals surface area contributed by atoms with Crippen molar-refractivity contribution in [3.63, 3.8) is 0 Å². The molecule has 0 bridgehead atoms. The minimum absolute atomic E-state index is 0.229. The van der Waals surface area contributed by atoms with E-state index in [1.807, 2.05) is 18.2 Å². The fourth-order valence-corrected chi connectivity index (χ4v) is 2.39. The van der Waals surface area contributed by atoms with Gasteiger partial charge in [0.1, 0.15) is 0 Å². The minimum Gasteiger partial charge on any atom is -0.478 e. The van der Waals surface area contributed by atoms with Crippen LogP contribution in [0, 0.1) is 0 Å². The number of carboxylic acids is 1. The van der Waals surface area contributed by atoms with Crippen LogP contribution in [0.2, 0.25) is 0 Å². The number of carbonyl (C=O) groups is 1. The van der Waals surface area contributed by atoms with Crippen molar-refractivity contribution in [1.82, 2.24) is 4.98 Å². The Labute approximate surface area is 110 Å². The van der Waals surface area contributed by atoms with Crippen molar-refractivity contribution in [2.45, 2.75) is 11.5 Å². The monoisotopic (exact) mass is 259 g/mol. The van der Waals surface area contributed by atoms with E-state index in [9.17, 15) is 4.79 Å². The number of carboxylic acid groups (broad SMARTS) is 1. The summed E-state index contributed by atoms with van der Waals surface area (Å²) in [4.78, 5) is 14.8. The van der Waals surface area contributed by atoms with Crippen molar-refractivity contribution >= 4 is 17.7 Å². The number of aromatic carboxylic acids is 1. The maximum atomic E-state index is 10.7. The van der Waals surface area contributed by atoms with E-state index < -0.39 is 5.97 Å². The standard InChI is InChI=1S/C14H13NO2S/c16-14(17)12-6-7-13(15-8-12)10-18-9-11-4-2-1-3-5-11/h1-8H,9-10H2,(H,16,17). The van der Waals surface area contributed by atoms with Crippen molar-refractivity contribution in [3.8, 4) is 0 Å². The van der Waals surface area contributed by atoms with Gasteiger partial charge in [0.25, 0.3) is 0 Å². The van der Waals surface area contributed by atoms with Crippen LogP contribution in [0.15, 0.2) is 48.7 Å². The molecular formula is C14H13NO2S. The fourth-order valence-electron chi connectivity index (χ4n) is 1.48. The Hall–Kier alpha value is -1.81. The molecule has 0 aliphatic carbocycles. The average molecular weight is 259 g/mol. The van der Waals surface area contributed by atoms with Crippen LogP contribution in [0.4, 0.5) is 0 Å². The molecule has 0 unspecified atom stereocenters. The molecule has 0 amide bonds. The molecule has 0 saturated heterocycles. The molecule has 92 valence electrons. The van der Waals surface area contributed by atoms with Gasteiger partial charge < -0.3 is 5.11 Å². The van der Waals surface area contributed by atoms with Gasteiger partial charge in [0.15, 0.2) is 0 Å². The predicted octanol–water partition coefficient (Wildman–Crippen LogP) is 3.21. The number of rotatable bonds is 5. The first kappa shape index (κ1) is 12.6. The maximum Gasteiger partial charge on any atom is 0.337 e. The van der Waals surface area contributed by atoms with Crippen molar-refractivity contribution in [3.05, 3.63) is 65.5 Å². The van der Waals surface area contributed by atoms with Gasteiger partial charge in [0.2, 0.25) is 0 Å². The van der Waals surface area contributed by atoms with Gasteiger partial charge in [-0.3, -0.25) is 4.98 Å². The van der Waals surface area contributed by atoms with Crippen LogP contribution in [0.3, 0.4) is 0 Å². The highest BCUT2D eigenvalue weighted by atomic mass is 32.2.